The molecule has 0 unspecified atom stereocenters. The second-order valence-corrected chi connectivity index (χ2v) is 3.82. The summed E-state index contributed by atoms with van der Waals surface area (Å²) in [4.78, 5) is 0. The molecule has 86 valence electrons. The third-order valence-electron chi connectivity index (χ3n) is 1.99. The molecule has 0 heterocycles. The van der Waals surface area contributed by atoms with E-state index >= 15 is 0 Å². The van der Waals surface area contributed by atoms with Gasteiger partial charge in [0, 0.05) is 6.20 Å². The third-order valence-corrected chi connectivity index (χ3v) is 1.99. The normalized spacial score (nSPS) is 12.4. The summed E-state index contributed by atoms with van der Waals surface area (Å²) in [6, 6.07) is 6.13. The number of halogens is 1. The fourth-order valence-corrected chi connectivity index (χ4v) is 1.07. The van der Waals surface area contributed by atoms with E-state index in [1.165, 1.54) is 26.1 Å². The first-order valence-corrected chi connectivity index (χ1v) is 4.76. The van der Waals surface area contributed by atoms with Crippen LogP contribution in [0.3, 0.4) is 0 Å². The zero-order valence-electron chi connectivity index (χ0n) is 9.16. The van der Waals surface area contributed by atoms with Crippen LogP contribution >= 0.6 is 0 Å². The van der Waals surface area contributed by atoms with Crippen LogP contribution in [0.5, 0.6) is 0 Å². The largest absolute Gasteiger partial charge is 0.384 e. The van der Waals surface area contributed by atoms with Crippen molar-refractivity contribution >= 4 is 5.69 Å². The van der Waals surface area contributed by atoms with Crippen molar-refractivity contribution in [2.75, 3.05) is 5.32 Å². The molecular weight excluding hydrogens is 209 g/mol. The summed E-state index contributed by atoms with van der Waals surface area (Å²) in [5.41, 5.74) is 6.05. The molecule has 1 rings (SSSR count). The van der Waals surface area contributed by atoms with Crippen molar-refractivity contribution < 1.29 is 9.50 Å². The van der Waals surface area contributed by atoms with Crippen LogP contribution in [0.1, 0.15) is 13.8 Å². The number of nitrogens with one attached hydrogen (secondary N) is 2. The third kappa shape index (κ3) is 3.13. The lowest BCUT2D eigenvalue weighted by molar-refractivity contribution is 0.117. The maximum absolute atomic E-state index is 13.2. The van der Waals surface area contributed by atoms with Gasteiger partial charge in [0.05, 0.1) is 5.69 Å². The summed E-state index contributed by atoms with van der Waals surface area (Å²) >= 11 is 0. The van der Waals surface area contributed by atoms with Crippen LogP contribution < -0.4 is 5.32 Å². The minimum Gasteiger partial charge on any atom is -0.384 e. The molecule has 0 aromatic heterocycles. The maximum Gasteiger partial charge on any atom is 0.146 e. The molecule has 0 atom stereocenters. The van der Waals surface area contributed by atoms with Crippen LogP contribution in [-0.2, 0) is 0 Å². The van der Waals surface area contributed by atoms with E-state index in [9.17, 15) is 9.50 Å². The number of rotatable bonds is 4. The predicted octanol–water partition coefficient (Wildman–Crippen LogP) is 2.88. The Labute approximate surface area is 93.3 Å². The molecule has 0 aliphatic carbocycles. The molecule has 16 heavy (non-hydrogen) atoms. The first-order chi connectivity index (χ1) is 7.45. The first kappa shape index (κ1) is 12.3. The number of anilines is 1. The topological polar surface area (TPSA) is 68.5 Å². The second kappa shape index (κ2) is 4.85. The molecule has 0 aliphatic rings. The van der Waals surface area contributed by atoms with E-state index in [4.69, 9.17) is 5.53 Å². The zero-order valence-corrected chi connectivity index (χ0v) is 9.16. The standard InChI is InChI=1S/C11H14FN3O/c1-11(2,16)10(15-13)7-14-9-6-4-3-5-8(9)12/h3-7,13-14,16H,1-2H3/b10-7-,15-13?. The Morgan fingerprint density at radius 3 is 2.62 bits per heavy atom. The number of hydrogen-bond donors (Lipinski definition) is 3. The Balaban J connectivity index is 2.87. The number of aliphatic hydroxyl groups is 1. The molecule has 0 amide bonds. The fraction of sp³-hybridized carbons (Fsp3) is 0.273. The van der Waals surface area contributed by atoms with Crippen LogP contribution in [0, 0.1) is 11.3 Å². The van der Waals surface area contributed by atoms with E-state index in [0.29, 0.717) is 0 Å². The maximum atomic E-state index is 13.2. The van der Waals surface area contributed by atoms with E-state index in [2.05, 4.69) is 10.4 Å². The van der Waals surface area contributed by atoms with E-state index in [-0.39, 0.29) is 11.4 Å². The van der Waals surface area contributed by atoms with Gasteiger partial charge >= 0.3 is 0 Å². The van der Waals surface area contributed by atoms with Crippen LogP contribution in [0.25, 0.3) is 0 Å². The van der Waals surface area contributed by atoms with E-state index < -0.39 is 11.4 Å². The van der Waals surface area contributed by atoms with Crippen LogP contribution in [-0.4, -0.2) is 10.7 Å². The van der Waals surface area contributed by atoms with Gasteiger partial charge in [0.1, 0.15) is 17.1 Å². The van der Waals surface area contributed by atoms with Crippen molar-refractivity contribution in [2.45, 2.75) is 19.4 Å². The Hall–Kier alpha value is -1.75. The van der Waals surface area contributed by atoms with Crippen molar-refractivity contribution in [3.05, 3.63) is 42.0 Å². The highest BCUT2D eigenvalue weighted by molar-refractivity contribution is 5.47. The highest BCUT2D eigenvalue weighted by atomic mass is 19.1. The van der Waals surface area contributed by atoms with Crippen LogP contribution in [0.2, 0.25) is 0 Å². The molecule has 0 aliphatic heterocycles. The lowest BCUT2D eigenvalue weighted by Crippen LogP contribution is -2.21. The van der Waals surface area contributed by atoms with Gasteiger partial charge in [-0.2, -0.15) is 5.11 Å². The highest BCUT2D eigenvalue weighted by Crippen LogP contribution is 2.18. The van der Waals surface area contributed by atoms with Gasteiger partial charge in [-0.1, -0.05) is 12.1 Å². The summed E-state index contributed by atoms with van der Waals surface area (Å²) < 4.78 is 13.2. The van der Waals surface area contributed by atoms with Gasteiger partial charge in [-0.3, -0.25) is 0 Å². The van der Waals surface area contributed by atoms with Crippen LogP contribution in [0.4, 0.5) is 10.1 Å². The number of hydrogen-bond acceptors (Lipinski definition) is 4. The van der Waals surface area contributed by atoms with Crippen molar-refractivity contribution in [3.63, 3.8) is 0 Å². The molecule has 1 aromatic carbocycles. The molecule has 5 heteroatoms. The molecule has 4 nitrogen and oxygen atoms in total. The molecule has 0 bridgehead atoms. The molecule has 0 spiro atoms. The summed E-state index contributed by atoms with van der Waals surface area (Å²) in [6.07, 6.45) is 1.31. The number of nitrogens with zero attached hydrogens (tertiary/aromatic N) is 1. The summed E-state index contributed by atoms with van der Waals surface area (Å²) in [6.45, 7) is 3.00. The van der Waals surface area contributed by atoms with Gasteiger partial charge in [-0.25, -0.2) is 9.92 Å². The lowest BCUT2D eigenvalue weighted by Gasteiger charge is -2.16. The van der Waals surface area contributed by atoms with Gasteiger partial charge in [-0.15, -0.1) is 0 Å². The van der Waals surface area contributed by atoms with E-state index in [0.717, 1.165) is 0 Å². The van der Waals surface area contributed by atoms with Gasteiger partial charge in [0.25, 0.3) is 0 Å². The Kier molecular flexibility index (Phi) is 3.73. The molecular formula is C11H14FN3O. The van der Waals surface area contributed by atoms with Gasteiger partial charge in [0.15, 0.2) is 0 Å². The van der Waals surface area contributed by atoms with Crippen molar-refractivity contribution in [1.29, 1.82) is 5.53 Å². The van der Waals surface area contributed by atoms with Crippen molar-refractivity contribution in [3.8, 4) is 0 Å². The summed E-state index contributed by atoms with van der Waals surface area (Å²) in [7, 11) is 0. The SMILES string of the molecule is CC(C)(O)/C(=C/Nc1ccccc1F)N=N. The quantitative estimate of drug-likeness (QED) is 0.687. The smallest absolute Gasteiger partial charge is 0.146 e. The molecule has 0 radical (unpaired) electrons. The van der Waals surface area contributed by atoms with Crippen LogP contribution in [0.15, 0.2) is 41.3 Å². The Bertz CT molecular complexity index is 410. The monoisotopic (exact) mass is 223 g/mol. The average Bonchev–Trinajstić information content (AvgIpc) is 2.19. The molecule has 3 N–H and O–H groups in total. The average molecular weight is 223 g/mol. The minimum atomic E-state index is -1.24. The van der Waals surface area contributed by atoms with Crippen molar-refractivity contribution in [2.24, 2.45) is 5.11 Å². The highest BCUT2D eigenvalue weighted by Gasteiger charge is 2.19. The molecule has 0 saturated carbocycles. The summed E-state index contributed by atoms with van der Waals surface area (Å²) in [5, 5.41) is 15.4. The number of para-hydroxylation sites is 1. The lowest BCUT2D eigenvalue weighted by atomic mass is 10.1. The minimum absolute atomic E-state index is 0.121. The van der Waals surface area contributed by atoms with E-state index in [1.807, 2.05) is 0 Å². The Morgan fingerprint density at radius 2 is 2.12 bits per heavy atom. The zero-order chi connectivity index (χ0) is 12.2. The second-order valence-electron chi connectivity index (χ2n) is 3.82. The van der Waals surface area contributed by atoms with Gasteiger partial charge in [0.2, 0.25) is 0 Å². The number of benzene rings is 1. The van der Waals surface area contributed by atoms with Crippen molar-refractivity contribution in [1.82, 2.24) is 0 Å². The summed E-state index contributed by atoms with van der Waals surface area (Å²) in [5.74, 6) is -0.404. The molecule has 1 aromatic rings. The predicted molar refractivity (Wildman–Crippen MR) is 59.6 cm³/mol. The van der Waals surface area contributed by atoms with Gasteiger partial charge in [-0.05, 0) is 26.0 Å². The first-order valence-electron chi connectivity index (χ1n) is 4.76. The molecule has 0 fully saturated rings. The Morgan fingerprint density at radius 1 is 1.50 bits per heavy atom. The van der Waals surface area contributed by atoms with E-state index in [1.54, 1.807) is 18.2 Å². The van der Waals surface area contributed by atoms with Gasteiger partial charge < -0.3 is 10.4 Å². The fourth-order valence-electron chi connectivity index (χ4n) is 1.07. The molecule has 0 saturated heterocycles.